The predicted octanol–water partition coefficient (Wildman–Crippen LogP) is 2.74. The fourth-order valence-electron chi connectivity index (χ4n) is 1.99. The molecule has 3 nitrogen and oxygen atoms in total. The van der Waals surface area contributed by atoms with E-state index in [9.17, 15) is 0 Å². The Hall–Kier alpha value is -1.77. The lowest BCUT2D eigenvalue weighted by Gasteiger charge is -1.98. The molecule has 2 heterocycles. The lowest BCUT2D eigenvalue weighted by Crippen LogP contribution is -1.86. The summed E-state index contributed by atoms with van der Waals surface area (Å²) in [5, 5.41) is 4.46. The van der Waals surface area contributed by atoms with Gasteiger partial charge in [0, 0.05) is 6.07 Å². The van der Waals surface area contributed by atoms with E-state index in [1.54, 1.807) is 0 Å². The van der Waals surface area contributed by atoms with Crippen molar-refractivity contribution in [2.45, 2.75) is 20.8 Å². The number of benzene rings is 1. The second kappa shape index (κ2) is 2.63. The van der Waals surface area contributed by atoms with Crippen LogP contribution in [0, 0.1) is 20.8 Å². The van der Waals surface area contributed by atoms with Crippen LogP contribution in [0.5, 0.6) is 0 Å². The van der Waals surface area contributed by atoms with E-state index in [1.807, 2.05) is 11.4 Å². The third-order valence-electron chi connectivity index (χ3n) is 2.93. The maximum atomic E-state index is 4.46. The zero-order valence-electron chi connectivity index (χ0n) is 9.13. The van der Waals surface area contributed by atoms with E-state index in [4.69, 9.17) is 0 Å². The van der Waals surface area contributed by atoms with Gasteiger partial charge in [-0.1, -0.05) is 0 Å². The number of aromatic amines is 1. The Morgan fingerprint density at radius 1 is 1.07 bits per heavy atom. The highest BCUT2D eigenvalue weighted by Gasteiger charge is 2.07. The SMILES string of the molecule is Cc1cc2[nH]c3cc(C)c(C)cc3n2n1. The maximum absolute atomic E-state index is 4.46. The molecule has 0 aliphatic rings. The quantitative estimate of drug-likeness (QED) is 0.593. The van der Waals surface area contributed by atoms with Gasteiger partial charge in [0.1, 0.15) is 5.65 Å². The molecular weight excluding hydrogens is 186 g/mol. The molecule has 3 rings (SSSR count). The van der Waals surface area contributed by atoms with Gasteiger partial charge in [0.15, 0.2) is 0 Å². The van der Waals surface area contributed by atoms with Crippen LogP contribution < -0.4 is 0 Å². The van der Waals surface area contributed by atoms with Gasteiger partial charge in [0.05, 0.1) is 16.7 Å². The van der Waals surface area contributed by atoms with E-state index in [1.165, 1.54) is 11.1 Å². The van der Waals surface area contributed by atoms with E-state index in [0.717, 1.165) is 22.4 Å². The van der Waals surface area contributed by atoms with Crippen molar-refractivity contribution in [3.05, 3.63) is 35.0 Å². The third-order valence-corrected chi connectivity index (χ3v) is 2.93. The normalized spacial score (nSPS) is 11.7. The van der Waals surface area contributed by atoms with Gasteiger partial charge >= 0.3 is 0 Å². The molecule has 0 saturated heterocycles. The predicted molar refractivity (Wildman–Crippen MR) is 61.3 cm³/mol. The second-order valence-corrected chi connectivity index (χ2v) is 4.16. The summed E-state index contributed by atoms with van der Waals surface area (Å²) in [7, 11) is 0. The maximum Gasteiger partial charge on any atom is 0.134 e. The fourth-order valence-corrected chi connectivity index (χ4v) is 1.99. The van der Waals surface area contributed by atoms with Crippen molar-refractivity contribution in [3.63, 3.8) is 0 Å². The molecule has 1 N–H and O–H groups in total. The summed E-state index contributed by atoms with van der Waals surface area (Å²) >= 11 is 0. The first-order valence-electron chi connectivity index (χ1n) is 5.10. The summed E-state index contributed by atoms with van der Waals surface area (Å²) in [5.41, 5.74) is 7.02. The second-order valence-electron chi connectivity index (χ2n) is 4.16. The van der Waals surface area contributed by atoms with Crippen LogP contribution in [-0.4, -0.2) is 14.6 Å². The standard InChI is InChI=1S/C12H13N3/c1-7-4-10-11(5-8(7)2)15-12(13-10)6-9(3)14-15/h4-6,13H,1-3H3. The Morgan fingerprint density at radius 3 is 2.60 bits per heavy atom. The van der Waals surface area contributed by atoms with E-state index in [0.29, 0.717) is 0 Å². The lowest BCUT2D eigenvalue weighted by molar-refractivity contribution is 0.973. The lowest BCUT2D eigenvalue weighted by atomic mass is 10.1. The Labute approximate surface area is 87.7 Å². The van der Waals surface area contributed by atoms with E-state index in [-0.39, 0.29) is 0 Å². The molecule has 15 heavy (non-hydrogen) atoms. The molecule has 0 spiro atoms. The molecule has 3 aromatic rings. The Bertz CT molecular complexity index is 658. The minimum absolute atomic E-state index is 1.04. The molecule has 0 aliphatic carbocycles. The van der Waals surface area contributed by atoms with Crippen LogP contribution in [0.1, 0.15) is 16.8 Å². The highest BCUT2D eigenvalue weighted by atomic mass is 15.3. The summed E-state index contributed by atoms with van der Waals surface area (Å²) in [4.78, 5) is 3.37. The highest BCUT2D eigenvalue weighted by molar-refractivity contribution is 5.81. The van der Waals surface area contributed by atoms with Gasteiger partial charge in [0.25, 0.3) is 0 Å². The van der Waals surface area contributed by atoms with Gasteiger partial charge in [-0.15, -0.1) is 0 Å². The average molecular weight is 199 g/mol. The molecule has 0 radical (unpaired) electrons. The van der Waals surface area contributed by atoms with Gasteiger partial charge in [-0.25, -0.2) is 4.52 Å². The third kappa shape index (κ3) is 1.09. The van der Waals surface area contributed by atoms with Crippen LogP contribution in [-0.2, 0) is 0 Å². The number of nitrogens with one attached hydrogen (secondary N) is 1. The fraction of sp³-hybridized carbons (Fsp3) is 0.250. The summed E-state index contributed by atoms with van der Waals surface area (Å²) in [6.45, 7) is 6.27. The molecule has 2 aromatic heterocycles. The van der Waals surface area contributed by atoms with Crippen molar-refractivity contribution in [3.8, 4) is 0 Å². The van der Waals surface area contributed by atoms with Gasteiger partial charge in [-0.3, -0.25) is 0 Å². The Balaban J connectivity index is 2.52. The molecular formula is C12H13N3. The number of hydrogen-bond acceptors (Lipinski definition) is 1. The largest absolute Gasteiger partial charge is 0.338 e. The van der Waals surface area contributed by atoms with Crippen LogP contribution in [0.25, 0.3) is 16.7 Å². The van der Waals surface area contributed by atoms with Crippen molar-refractivity contribution in [1.29, 1.82) is 0 Å². The Kier molecular flexibility index (Phi) is 1.49. The number of rotatable bonds is 0. The summed E-state index contributed by atoms with van der Waals surface area (Å²) in [6, 6.07) is 6.42. The van der Waals surface area contributed by atoms with E-state index in [2.05, 4.69) is 42.1 Å². The minimum atomic E-state index is 1.04. The molecule has 76 valence electrons. The number of hydrogen-bond donors (Lipinski definition) is 1. The van der Waals surface area contributed by atoms with Gasteiger partial charge in [0.2, 0.25) is 0 Å². The van der Waals surface area contributed by atoms with E-state index < -0.39 is 0 Å². The summed E-state index contributed by atoms with van der Waals surface area (Å²) < 4.78 is 1.97. The van der Waals surface area contributed by atoms with E-state index >= 15 is 0 Å². The molecule has 0 aliphatic heterocycles. The van der Waals surface area contributed by atoms with Crippen molar-refractivity contribution < 1.29 is 0 Å². The van der Waals surface area contributed by atoms with Crippen molar-refractivity contribution in [1.82, 2.24) is 14.6 Å². The summed E-state index contributed by atoms with van der Waals surface area (Å²) in [5.74, 6) is 0. The van der Waals surface area contributed by atoms with Gasteiger partial charge < -0.3 is 4.98 Å². The first-order valence-corrected chi connectivity index (χ1v) is 5.10. The minimum Gasteiger partial charge on any atom is -0.338 e. The first kappa shape index (κ1) is 8.53. The number of imidazole rings is 1. The summed E-state index contributed by atoms with van der Waals surface area (Å²) in [6.07, 6.45) is 0. The smallest absolute Gasteiger partial charge is 0.134 e. The van der Waals surface area contributed by atoms with Crippen LogP contribution in [0.2, 0.25) is 0 Å². The average Bonchev–Trinajstić information content (AvgIpc) is 2.64. The highest BCUT2D eigenvalue weighted by Crippen LogP contribution is 2.20. The molecule has 0 amide bonds. The van der Waals surface area contributed by atoms with Crippen LogP contribution in [0.15, 0.2) is 18.2 Å². The zero-order chi connectivity index (χ0) is 10.6. The van der Waals surface area contributed by atoms with Crippen LogP contribution >= 0.6 is 0 Å². The van der Waals surface area contributed by atoms with Crippen LogP contribution in [0.3, 0.4) is 0 Å². The monoisotopic (exact) mass is 199 g/mol. The molecule has 1 aromatic carbocycles. The number of H-pyrrole nitrogens is 1. The van der Waals surface area contributed by atoms with Gasteiger partial charge in [-0.05, 0) is 44.0 Å². The number of fused-ring (bicyclic) bond motifs is 3. The van der Waals surface area contributed by atoms with Crippen LogP contribution in [0.4, 0.5) is 0 Å². The topological polar surface area (TPSA) is 33.1 Å². The number of aryl methyl sites for hydroxylation is 3. The zero-order valence-corrected chi connectivity index (χ0v) is 9.13. The molecule has 0 unspecified atom stereocenters. The molecule has 0 bridgehead atoms. The van der Waals surface area contributed by atoms with Gasteiger partial charge in [-0.2, -0.15) is 5.10 Å². The van der Waals surface area contributed by atoms with Crippen molar-refractivity contribution in [2.24, 2.45) is 0 Å². The van der Waals surface area contributed by atoms with Crippen molar-refractivity contribution in [2.75, 3.05) is 0 Å². The molecule has 3 heteroatoms. The van der Waals surface area contributed by atoms with Crippen molar-refractivity contribution >= 4 is 16.7 Å². The Morgan fingerprint density at radius 2 is 1.80 bits per heavy atom. The molecule has 0 atom stereocenters. The number of nitrogens with zero attached hydrogens (tertiary/aromatic N) is 2. The molecule has 0 saturated carbocycles. The first-order chi connectivity index (χ1) is 7.15. The molecule has 0 fully saturated rings. The number of aromatic nitrogens is 3.